The molecule has 17 heavy (non-hydrogen) atoms. The van der Waals surface area contributed by atoms with Gasteiger partial charge in [-0.25, -0.2) is 14.6 Å². The van der Waals surface area contributed by atoms with Crippen LogP contribution in [0, 0.1) is 5.41 Å². The Bertz CT molecular complexity index is 441. The van der Waals surface area contributed by atoms with Crippen molar-refractivity contribution in [1.82, 2.24) is 4.98 Å². The molecule has 0 N–H and O–H groups in total. The van der Waals surface area contributed by atoms with Gasteiger partial charge < -0.3 is 9.47 Å². The van der Waals surface area contributed by atoms with Crippen LogP contribution in [0.3, 0.4) is 0 Å². The fourth-order valence-electron chi connectivity index (χ4n) is 1.59. The molecule has 1 aliphatic rings. The molecule has 0 bridgehead atoms. The zero-order valence-electron chi connectivity index (χ0n) is 9.67. The summed E-state index contributed by atoms with van der Waals surface area (Å²) in [4.78, 5) is 27.0. The van der Waals surface area contributed by atoms with Gasteiger partial charge in [0.1, 0.15) is 12.3 Å². The molecule has 0 aromatic carbocycles. The van der Waals surface area contributed by atoms with E-state index in [0.717, 1.165) is 0 Å². The minimum Gasteiger partial charge on any atom is -0.462 e. The van der Waals surface area contributed by atoms with Gasteiger partial charge in [0.05, 0.1) is 0 Å². The molecule has 0 amide bonds. The Hall–Kier alpha value is -1.91. The summed E-state index contributed by atoms with van der Waals surface area (Å²) in [6.07, 6.45) is 0.631. The lowest BCUT2D eigenvalue weighted by atomic mass is 9.90. The van der Waals surface area contributed by atoms with Gasteiger partial charge in [-0.15, -0.1) is 0 Å². The number of hydrogen-bond donors (Lipinski definition) is 0. The fourth-order valence-corrected chi connectivity index (χ4v) is 1.59. The van der Waals surface area contributed by atoms with Crippen LogP contribution in [0.1, 0.15) is 24.3 Å². The van der Waals surface area contributed by atoms with Crippen LogP contribution in [0.2, 0.25) is 0 Å². The molecule has 1 aliphatic heterocycles. The number of esters is 2. The Morgan fingerprint density at radius 1 is 1.53 bits per heavy atom. The average Bonchev–Trinajstić information content (AvgIpc) is 2.57. The number of carbonyl (C=O) groups is 2. The van der Waals surface area contributed by atoms with Gasteiger partial charge in [-0.05, 0) is 12.1 Å². The summed E-state index contributed by atoms with van der Waals surface area (Å²) >= 11 is 0. The van der Waals surface area contributed by atoms with E-state index in [1.807, 2.05) is 13.8 Å². The standard InChI is InChI=1S/C12H13NO4/c1-12(2)7-16-11(15)9(12)17-10(14)8-5-3-4-6-13-8/h3-6,9H,7H2,1-2H3. The van der Waals surface area contributed by atoms with E-state index < -0.39 is 23.5 Å². The maximum atomic E-state index is 11.7. The van der Waals surface area contributed by atoms with Crippen molar-refractivity contribution in [3.8, 4) is 0 Å². The lowest BCUT2D eigenvalue weighted by molar-refractivity contribution is -0.145. The summed E-state index contributed by atoms with van der Waals surface area (Å²) in [5.74, 6) is -1.11. The van der Waals surface area contributed by atoms with E-state index in [-0.39, 0.29) is 12.3 Å². The van der Waals surface area contributed by atoms with Gasteiger partial charge in [-0.2, -0.15) is 0 Å². The number of aromatic nitrogens is 1. The normalized spacial score (nSPS) is 22.0. The molecule has 2 rings (SSSR count). The molecular weight excluding hydrogens is 222 g/mol. The summed E-state index contributed by atoms with van der Waals surface area (Å²) < 4.78 is 10.0. The van der Waals surface area contributed by atoms with Crippen molar-refractivity contribution in [2.75, 3.05) is 6.61 Å². The quantitative estimate of drug-likeness (QED) is 0.720. The molecule has 1 fully saturated rings. The maximum Gasteiger partial charge on any atom is 0.357 e. The highest BCUT2D eigenvalue weighted by Crippen LogP contribution is 2.31. The molecule has 0 aliphatic carbocycles. The number of cyclic esters (lactones) is 1. The first kappa shape index (κ1) is 11.6. The number of rotatable bonds is 2. The zero-order chi connectivity index (χ0) is 12.5. The molecule has 1 saturated heterocycles. The highest BCUT2D eigenvalue weighted by atomic mass is 16.6. The predicted molar refractivity (Wildman–Crippen MR) is 58.2 cm³/mol. The van der Waals surface area contributed by atoms with Crippen LogP contribution in [0.15, 0.2) is 24.4 Å². The first-order valence-electron chi connectivity index (χ1n) is 5.29. The van der Waals surface area contributed by atoms with Gasteiger partial charge in [0, 0.05) is 11.6 Å². The second kappa shape index (κ2) is 4.16. The van der Waals surface area contributed by atoms with Crippen molar-refractivity contribution in [3.05, 3.63) is 30.1 Å². The largest absolute Gasteiger partial charge is 0.462 e. The highest BCUT2D eigenvalue weighted by Gasteiger charge is 2.46. The van der Waals surface area contributed by atoms with Gasteiger partial charge in [0.15, 0.2) is 0 Å². The molecule has 1 atom stereocenters. The fraction of sp³-hybridized carbons (Fsp3) is 0.417. The van der Waals surface area contributed by atoms with Crippen LogP contribution < -0.4 is 0 Å². The first-order chi connectivity index (χ1) is 8.00. The molecule has 1 unspecified atom stereocenters. The number of ether oxygens (including phenoxy) is 2. The predicted octanol–water partition coefficient (Wildman–Crippen LogP) is 1.19. The Balaban J connectivity index is 2.12. The number of nitrogens with zero attached hydrogens (tertiary/aromatic N) is 1. The highest BCUT2D eigenvalue weighted by molar-refractivity contribution is 5.90. The lowest BCUT2D eigenvalue weighted by Gasteiger charge is -2.21. The van der Waals surface area contributed by atoms with E-state index in [0.29, 0.717) is 0 Å². The van der Waals surface area contributed by atoms with E-state index >= 15 is 0 Å². The summed E-state index contributed by atoms with van der Waals surface area (Å²) in [6, 6.07) is 4.92. The Morgan fingerprint density at radius 3 is 2.82 bits per heavy atom. The SMILES string of the molecule is CC1(C)COC(=O)C1OC(=O)c1ccccn1. The molecule has 1 aromatic heterocycles. The minimum atomic E-state index is -0.864. The van der Waals surface area contributed by atoms with Crippen molar-refractivity contribution in [1.29, 1.82) is 0 Å². The molecule has 90 valence electrons. The van der Waals surface area contributed by atoms with E-state index in [4.69, 9.17) is 9.47 Å². The smallest absolute Gasteiger partial charge is 0.357 e. The Kier molecular flexibility index (Phi) is 2.83. The zero-order valence-corrected chi connectivity index (χ0v) is 9.67. The molecule has 5 nitrogen and oxygen atoms in total. The van der Waals surface area contributed by atoms with E-state index in [9.17, 15) is 9.59 Å². The molecular formula is C12H13NO4. The van der Waals surface area contributed by atoms with Gasteiger partial charge in [-0.1, -0.05) is 19.9 Å². The number of hydrogen-bond acceptors (Lipinski definition) is 5. The van der Waals surface area contributed by atoms with Gasteiger partial charge in [0.2, 0.25) is 6.10 Å². The number of pyridine rings is 1. The third kappa shape index (κ3) is 2.27. The second-order valence-electron chi connectivity index (χ2n) is 4.60. The van der Waals surface area contributed by atoms with Crippen LogP contribution in [0.25, 0.3) is 0 Å². The van der Waals surface area contributed by atoms with Crippen molar-refractivity contribution in [2.45, 2.75) is 20.0 Å². The summed E-state index contributed by atoms with van der Waals surface area (Å²) in [6.45, 7) is 3.88. The Labute approximate surface area is 98.7 Å². The van der Waals surface area contributed by atoms with Crippen LogP contribution in [-0.4, -0.2) is 29.6 Å². The van der Waals surface area contributed by atoms with Gasteiger partial charge >= 0.3 is 11.9 Å². The summed E-state index contributed by atoms with van der Waals surface area (Å²) in [5, 5.41) is 0. The van der Waals surface area contributed by atoms with E-state index in [2.05, 4.69) is 4.98 Å². The van der Waals surface area contributed by atoms with Crippen LogP contribution >= 0.6 is 0 Å². The number of carbonyl (C=O) groups excluding carboxylic acids is 2. The molecule has 2 heterocycles. The van der Waals surface area contributed by atoms with Crippen molar-refractivity contribution >= 4 is 11.9 Å². The molecule has 0 saturated carbocycles. The maximum absolute atomic E-state index is 11.7. The summed E-state index contributed by atoms with van der Waals surface area (Å²) in [5.41, 5.74) is -0.315. The van der Waals surface area contributed by atoms with Gasteiger partial charge in [-0.3, -0.25) is 0 Å². The second-order valence-corrected chi connectivity index (χ2v) is 4.60. The van der Waals surface area contributed by atoms with Crippen LogP contribution in [-0.2, 0) is 14.3 Å². The Morgan fingerprint density at radius 2 is 2.29 bits per heavy atom. The molecule has 0 spiro atoms. The molecule has 5 heteroatoms. The minimum absolute atomic E-state index is 0.183. The monoisotopic (exact) mass is 235 g/mol. The topological polar surface area (TPSA) is 65.5 Å². The molecule has 0 radical (unpaired) electrons. The van der Waals surface area contributed by atoms with Crippen LogP contribution in [0.4, 0.5) is 0 Å². The van der Waals surface area contributed by atoms with Crippen LogP contribution in [0.5, 0.6) is 0 Å². The summed E-state index contributed by atoms with van der Waals surface area (Å²) in [7, 11) is 0. The first-order valence-corrected chi connectivity index (χ1v) is 5.29. The average molecular weight is 235 g/mol. The van der Waals surface area contributed by atoms with Gasteiger partial charge in [0.25, 0.3) is 0 Å². The van der Waals surface area contributed by atoms with Crippen molar-refractivity contribution in [3.63, 3.8) is 0 Å². The third-order valence-corrected chi connectivity index (χ3v) is 2.61. The molecule has 1 aromatic rings. The van der Waals surface area contributed by atoms with E-state index in [1.165, 1.54) is 12.3 Å². The third-order valence-electron chi connectivity index (χ3n) is 2.61. The lowest BCUT2D eigenvalue weighted by Crippen LogP contribution is -2.35. The van der Waals surface area contributed by atoms with Crippen molar-refractivity contribution in [2.24, 2.45) is 5.41 Å². The van der Waals surface area contributed by atoms with E-state index in [1.54, 1.807) is 12.1 Å². The van der Waals surface area contributed by atoms with Crippen molar-refractivity contribution < 1.29 is 19.1 Å².